The molecule has 4 heterocycles. The summed E-state index contributed by atoms with van der Waals surface area (Å²) in [6, 6.07) is 0. The van der Waals surface area contributed by atoms with Crippen molar-refractivity contribution >= 4 is 62.3 Å². The predicted molar refractivity (Wildman–Crippen MR) is 126 cm³/mol. The molecule has 0 radical (unpaired) electrons. The molecule has 3 atom stereocenters. The number of hydrogen-bond donors (Lipinski definition) is 2. The zero-order valence-corrected chi connectivity index (χ0v) is 20.3. The molecule has 0 saturated heterocycles. The molecule has 31 heavy (non-hydrogen) atoms. The Bertz CT molecular complexity index is 1070. The fourth-order valence-electron chi connectivity index (χ4n) is 3.44. The van der Waals surface area contributed by atoms with E-state index in [1.807, 2.05) is 20.8 Å². The minimum absolute atomic E-state index is 0.130. The summed E-state index contributed by atoms with van der Waals surface area (Å²) >= 11 is 4.47. The van der Waals surface area contributed by atoms with Crippen molar-refractivity contribution in [3.05, 3.63) is 17.3 Å². The Labute approximate surface area is 192 Å². The summed E-state index contributed by atoms with van der Waals surface area (Å²) < 4.78 is 5.81. The monoisotopic (exact) mass is 481 g/mol. The van der Waals surface area contributed by atoms with E-state index in [2.05, 4.69) is 15.3 Å². The molecule has 1 amide bonds. The van der Waals surface area contributed by atoms with Gasteiger partial charge in [-0.15, -0.1) is 23.5 Å². The van der Waals surface area contributed by atoms with Gasteiger partial charge in [0, 0.05) is 24.3 Å². The van der Waals surface area contributed by atoms with Gasteiger partial charge in [-0.2, -0.15) is 0 Å². The molecular formula is C19H23N5O4S3. The SMILES string of the molecule is CNC(=O)c1nc([C@]2(C)CSC([C@]3(C)CSC([C@]4(C)CSC(C(=O)O)=N4)=N3)=N2)oc1C. The zero-order valence-electron chi connectivity index (χ0n) is 17.8. The Hall–Kier alpha value is -1.79. The van der Waals surface area contributed by atoms with Crippen LogP contribution in [0, 0.1) is 6.92 Å². The highest BCUT2D eigenvalue weighted by atomic mass is 32.2. The number of aryl methyl sites for hydroxylation is 1. The van der Waals surface area contributed by atoms with E-state index in [0.29, 0.717) is 28.9 Å². The maximum Gasteiger partial charge on any atom is 0.360 e. The van der Waals surface area contributed by atoms with Gasteiger partial charge < -0.3 is 14.8 Å². The van der Waals surface area contributed by atoms with Crippen LogP contribution in [0.1, 0.15) is 42.9 Å². The third-order valence-corrected chi connectivity index (χ3v) is 9.59. The van der Waals surface area contributed by atoms with Gasteiger partial charge in [0.15, 0.2) is 10.7 Å². The first-order chi connectivity index (χ1) is 14.5. The van der Waals surface area contributed by atoms with Crippen molar-refractivity contribution in [2.75, 3.05) is 24.3 Å². The lowest BCUT2D eigenvalue weighted by Crippen LogP contribution is -2.33. The largest absolute Gasteiger partial charge is 0.476 e. The topological polar surface area (TPSA) is 130 Å². The highest BCUT2D eigenvalue weighted by Gasteiger charge is 2.49. The normalized spacial score (nSPS) is 32.6. The summed E-state index contributed by atoms with van der Waals surface area (Å²) in [7, 11) is 1.56. The summed E-state index contributed by atoms with van der Waals surface area (Å²) in [5, 5.41) is 13.7. The summed E-state index contributed by atoms with van der Waals surface area (Å²) in [5.74, 6) is 1.50. The van der Waals surface area contributed by atoms with Gasteiger partial charge in [0.05, 0.1) is 10.1 Å². The van der Waals surface area contributed by atoms with Gasteiger partial charge in [-0.3, -0.25) is 19.8 Å². The minimum atomic E-state index is -0.996. The number of nitrogens with zero attached hydrogens (tertiary/aromatic N) is 4. The van der Waals surface area contributed by atoms with Gasteiger partial charge in [-0.1, -0.05) is 11.8 Å². The van der Waals surface area contributed by atoms with Crippen molar-refractivity contribution in [3.63, 3.8) is 0 Å². The van der Waals surface area contributed by atoms with E-state index in [1.54, 1.807) is 37.5 Å². The molecule has 0 aliphatic carbocycles. The number of rotatable bonds is 5. The zero-order chi connectivity index (χ0) is 22.6. The summed E-state index contributed by atoms with van der Waals surface area (Å²) in [6.07, 6.45) is 0. The predicted octanol–water partition coefficient (Wildman–Crippen LogP) is 2.60. The number of aliphatic carboxylic acids is 1. The third kappa shape index (κ3) is 3.82. The molecule has 2 N–H and O–H groups in total. The Kier molecular flexibility index (Phi) is 5.54. The summed E-state index contributed by atoms with van der Waals surface area (Å²) in [5.41, 5.74) is -1.57. The van der Waals surface area contributed by atoms with Gasteiger partial charge >= 0.3 is 5.97 Å². The van der Waals surface area contributed by atoms with E-state index < -0.39 is 22.6 Å². The van der Waals surface area contributed by atoms with Gasteiger partial charge in [0.2, 0.25) is 5.89 Å². The van der Waals surface area contributed by atoms with Crippen LogP contribution in [0.15, 0.2) is 19.4 Å². The highest BCUT2D eigenvalue weighted by molar-refractivity contribution is 8.17. The van der Waals surface area contributed by atoms with E-state index >= 15 is 0 Å². The second-order valence-corrected chi connectivity index (χ2v) is 11.1. The Morgan fingerprint density at radius 3 is 2.10 bits per heavy atom. The molecule has 0 spiro atoms. The number of nitrogens with one attached hydrogen (secondary N) is 1. The number of aromatic nitrogens is 1. The van der Waals surface area contributed by atoms with Crippen LogP contribution in [0.3, 0.4) is 0 Å². The van der Waals surface area contributed by atoms with Gasteiger partial charge in [-0.25, -0.2) is 9.78 Å². The fraction of sp³-hybridized carbons (Fsp3) is 0.579. The van der Waals surface area contributed by atoms with Gasteiger partial charge in [0.1, 0.15) is 22.4 Å². The molecule has 0 unspecified atom stereocenters. The third-order valence-electron chi connectivity index (χ3n) is 5.32. The first-order valence-electron chi connectivity index (χ1n) is 9.62. The molecule has 1 aromatic heterocycles. The summed E-state index contributed by atoms with van der Waals surface area (Å²) in [4.78, 5) is 42.0. The van der Waals surface area contributed by atoms with Gasteiger partial charge in [0.25, 0.3) is 5.91 Å². The molecule has 3 aliphatic heterocycles. The van der Waals surface area contributed by atoms with Crippen LogP contribution in [0.4, 0.5) is 0 Å². The van der Waals surface area contributed by atoms with E-state index in [4.69, 9.17) is 14.4 Å². The van der Waals surface area contributed by atoms with Crippen molar-refractivity contribution in [2.24, 2.45) is 15.0 Å². The molecule has 12 heteroatoms. The number of carbonyl (C=O) groups is 2. The molecule has 166 valence electrons. The van der Waals surface area contributed by atoms with Crippen LogP contribution in [-0.2, 0) is 10.3 Å². The molecule has 0 fully saturated rings. The number of aliphatic imine (C=N–C) groups is 3. The van der Waals surface area contributed by atoms with Crippen molar-refractivity contribution in [3.8, 4) is 0 Å². The second-order valence-electron chi connectivity index (χ2n) is 8.25. The minimum Gasteiger partial charge on any atom is -0.476 e. The fourth-order valence-corrected chi connectivity index (χ4v) is 7.24. The first-order valence-corrected chi connectivity index (χ1v) is 12.6. The number of carboxylic acids is 1. The summed E-state index contributed by atoms with van der Waals surface area (Å²) in [6.45, 7) is 7.63. The van der Waals surface area contributed by atoms with Crippen molar-refractivity contribution in [1.82, 2.24) is 10.3 Å². The van der Waals surface area contributed by atoms with Crippen LogP contribution in [-0.4, -0.2) is 72.5 Å². The molecule has 0 saturated carbocycles. The number of carboxylic acid groups (broad SMARTS) is 1. The highest BCUT2D eigenvalue weighted by Crippen LogP contribution is 2.45. The van der Waals surface area contributed by atoms with Crippen LogP contribution in [0.25, 0.3) is 0 Å². The lowest BCUT2D eigenvalue weighted by atomic mass is 10.0. The molecular weight excluding hydrogens is 458 g/mol. The van der Waals surface area contributed by atoms with Crippen molar-refractivity contribution in [1.29, 1.82) is 0 Å². The smallest absolute Gasteiger partial charge is 0.360 e. The Morgan fingerprint density at radius 2 is 1.52 bits per heavy atom. The average molecular weight is 482 g/mol. The number of hydrogen-bond acceptors (Lipinski definition) is 10. The lowest BCUT2D eigenvalue weighted by Gasteiger charge is -2.20. The standard InChI is InChI=1S/C19H23N5O4S3/c1-9-10(11(25)20-5)21-14(28-9)17(2)6-30-16(23-17)19(4)8-31-15(24-19)18(3)7-29-12(22-18)13(26)27/h6-8H2,1-5H3,(H,20,25)(H,26,27)/t17-,18-,19-/m0/s1. The Balaban J connectivity index is 1.62. The number of oxazole rings is 1. The van der Waals surface area contributed by atoms with E-state index in [1.165, 1.54) is 11.8 Å². The van der Waals surface area contributed by atoms with Crippen LogP contribution in [0.5, 0.6) is 0 Å². The van der Waals surface area contributed by atoms with Crippen molar-refractivity contribution < 1.29 is 19.1 Å². The quantitative estimate of drug-likeness (QED) is 0.656. The van der Waals surface area contributed by atoms with Crippen LogP contribution >= 0.6 is 35.3 Å². The molecule has 0 aromatic carbocycles. The number of carbonyl (C=O) groups excluding carboxylic acids is 1. The maximum absolute atomic E-state index is 12.0. The van der Waals surface area contributed by atoms with Crippen LogP contribution < -0.4 is 5.32 Å². The first kappa shape index (κ1) is 22.4. The second kappa shape index (κ2) is 7.66. The lowest BCUT2D eigenvalue weighted by molar-refractivity contribution is -0.129. The van der Waals surface area contributed by atoms with E-state index in [0.717, 1.165) is 10.1 Å². The number of amides is 1. The molecule has 0 bridgehead atoms. The Morgan fingerprint density at radius 1 is 0.968 bits per heavy atom. The van der Waals surface area contributed by atoms with Crippen molar-refractivity contribution in [2.45, 2.75) is 44.3 Å². The molecule has 9 nitrogen and oxygen atoms in total. The maximum atomic E-state index is 12.0. The average Bonchev–Trinajstić information content (AvgIpc) is 3.48. The van der Waals surface area contributed by atoms with Gasteiger partial charge in [-0.05, 0) is 27.7 Å². The number of thioether (sulfide) groups is 3. The molecule has 4 rings (SSSR count). The van der Waals surface area contributed by atoms with E-state index in [9.17, 15) is 14.7 Å². The molecule has 1 aromatic rings. The van der Waals surface area contributed by atoms with E-state index in [-0.39, 0.29) is 16.6 Å². The van der Waals surface area contributed by atoms with Crippen LogP contribution in [0.2, 0.25) is 0 Å². The molecule has 3 aliphatic rings.